The van der Waals surface area contributed by atoms with Gasteiger partial charge in [-0.1, -0.05) is 48.0 Å². The normalized spacial score (nSPS) is 10.7. The number of nitrogens with one attached hydrogen (secondary N) is 2. The molecule has 3 rings (SSSR count). The number of aromatic nitrogens is 2. The van der Waals surface area contributed by atoms with Crippen molar-refractivity contribution in [2.75, 3.05) is 25.6 Å². The lowest BCUT2D eigenvalue weighted by Gasteiger charge is -2.17. The average Bonchev–Trinajstić information content (AvgIpc) is 2.75. The summed E-state index contributed by atoms with van der Waals surface area (Å²) in [6, 6.07) is 15.3. The van der Waals surface area contributed by atoms with Crippen LogP contribution < -0.4 is 16.2 Å². The standard InChI is InChI=1S/C23H25ClN4O3/c1-16-19(24)9-6-10-20(16)26-23-27-22(30)18(13-21(29)25-11-12-31-2)15-28(23)14-17-7-4-3-5-8-17/h3-10,15H,11-14H2,1-2H3,(H,25,29)(H,26,27,30). The number of hydrogen-bond acceptors (Lipinski definition) is 5. The van der Waals surface area contributed by atoms with Gasteiger partial charge in [0.15, 0.2) is 0 Å². The Morgan fingerprint density at radius 2 is 1.94 bits per heavy atom. The van der Waals surface area contributed by atoms with Gasteiger partial charge in [-0.2, -0.15) is 4.98 Å². The minimum absolute atomic E-state index is 0.0548. The van der Waals surface area contributed by atoms with Crippen LogP contribution in [0.15, 0.2) is 59.5 Å². The Hall–Kier alpha value is -3.16. The average molecular weight is 441 g/mol. The monoisotopic (exact) mass is 440 g/mol. The molecule has 0 aliphatic rings. The van der Waals surface area contributed by atoms with Crippen molar-refractivity contribution >= 4 is 29.1 Å². The summed E-state index contributed by atoms with van der Waals surface area (Å²) in [7, 11) is 1.56. The number of benzene rings is 2. The van der Waals surface area contributed by atoms with Crippen LogP contribution in [0.5, 0.6) is 0 Å². The van der Waals surface area contributed by atoms with Crippen molar-refractivity contribution in [1.29, 1.82) is 0 Å². The molecule has 0 unspecified atom stereocenters. The van der Waals surface area contributed by atoms with Gasteiger partial charge in [-0.3, -0.25) is 9.59 Å². The quantitative estimate of drug-likeness (QED) is 0.499. The summed E-state index contributed by atoms with van der Waals surface area (Å²) in [6.45, 7) is 3.16. The Morgan fingerprint density at radius 1 is 1.16 bits per heavy atom. The van der Waals surface area contributed by atoms with Crippen LogP contribution in [0.2, 0.25) is 5.02 Å². The van der Waals surface area contributed by atoms with Crippen molar-refractivity contribution < 1.29 is 9.53 Å². The van der Waals surface area contributed by atoms with E-state index in [1.807, 2.05) is 54.0 Å². The highest BCUT2D eigenvalue weighted by molar-refractivity contribution is 6.31. The largest absolute Gasteiger partial charge is 0.383 e. The number of amides is 1. The van der Waals surface area contributed by atoms with Crippen molar-refractivity contribution in [1.82, 2.24) is 14.9 Å². The molecular formula is C23H25ClN4O3. The lowest BCUT2D eigenvalue weighted by Crippen LogP contribution is -2.31. The van der Waals surface area contributed by atoms with Crippen LogP contribution in [0, 0.1) is 6.92 Å². The van der Waals surface area contributed by atoms with E-state index in [0.717, 1.165) is 16.8 Å². The van der Waals surface area contributed by atoms with Gasteiger partial charge >= 0.3 is 0 Å². The third kappa shape index (κ3) is 6.16. The maximum Gasteiger partial charge on any atom is 0.278 e. The minimum atomic E-state index is -0.451. The minimum Gasteiger partial charge on any atom is -0.383 e. The van der Waals surface area contributed by atoms with E-state index >= 15 is 0 Å². The second kappa shape index (κ2) is 10.7. The van der Waals surface area contributed by atoms with Gasteiger partial charge in [-0.15, -0.1) is 0 Å². The zero-order chi connectivity index (χ0) is 22.2. The van der Waals surface area contributed by atoms with Crippen LogP contribution in [0.1, 0.15) is 16.7 Å². The van der Waals surface area contributed by atoms with Crippen molar-refractivity contribution in [2.24, 2.45) is 0 Å². The highest BCUT2D eigenvalue weighted by Gasteiger charge is 2.14. The third-order valence-electron chi connectivity index (χ3n) is 4.76. The van der Waals surface area contributed by atoms with Crippen molar-refractivity contribution in [3.63, 3.8) is 0 Å². The van der Waals surface area contributed by atoms with Crippen LogP contribution >= 0.6 is 11.6 Å². The van der Waals surface area contributed by atoms with Crippen molar-refractivity contribution in [3.05, 3.63) is 86.8 Å². The van der Waals surface area contributed by atoms with Crippen LogP contribution in [0.4, 0.5) is 11.6 Å². The van der Waals surface area contributed by atoms with Crippen LogP contribution in [0.25, 0.3) is 0 Å². The second-order valence-corrected chi connectivity index (χ2v) is 7.47. The fourth-order valence-corrected chi connectivity index (χ4v) is 3.22. The lowest BCUT2D eigenvalue weighted by molar-refractivity contribution is -0.120. The van der Waals surface area contributed by atoms with Crippen molar-refractivity contribution in [2.45, 2.75) is 19.9 Å². The lowest BCUT2D eigenvalue weighted by atomic mass is 10.2. The summed E-state index contributed by atoms with van der Waals surface area (Å²) in [4.78, 5) is 29.1. The molecule has 0 aliphatic carbocycles. The van der Waals surface area contributed by atoms with E-state index < -0.39 is 5.56 Å². The summed E-state index contributed by atoms with van der Waals surface area (Å²) in [6.07, 6.45) is 1.63. The summed E-state index contributed by atoms with van der Waals surface area (Å²) in [5, 5.41) is 6.56. The van der Waals surface area contributed by atoms with Crippen LogP contribution in [0.3, 0.4) is 0 Å². The molecule has 0 aliphatic heterocycles. The van der Waals surface area contributed by atoms with Gasteiger partial charge < -0.3 is 19.9 Å². The molecule has 3 aromatic rings. The summed E-state index contributed by atoms with van der Waals surface area (Å²) >= 11 is 6.23. The summed E-state index contributed by atoms with van der Waals surface area (Å²) < 4.78 is 6.76. The molecule has 0 atom stereocenters. The first-order chi connectivity index (χ1) is 15.0. The van der Waals surface area contributed by atoms with Gasteiger partial charge in [-0.05, 0) is 30.2 Å². The molecule has 0 saturated carbocycles. The summed E-state index contributed by atoms with van der Waals surface area (Å²) in [5.41, 5.74) is 2.51. The Morgan fingerprint density at radius 3 is 2.68 bits per heavy atom. The van der Waals surface area contributed by atoms with E-state index in [9.17, 15) is 9.59 Å². The number of anilines is 2. The number of nitrogens with zero attached hydrogens (tertiary/aromatic N) is 2. The first-order valence-electron chi connectivity index (χ1n) is 9.90. The number of hydrogen-bond donors (Lipinski definition) is 2. The molecule has 8 heteroatoms. The van der Waals surface area contributed by atoms with Gasteiger partial charge in [0.2, 0.25) is 11.9 Å². The molecule has 1 aromatic heterocycles. The summed E-state index contributed by atoms with van der Waals surface area (Å²) in [5.74, 6) is 0.122. The van der Waals surface area contributed by atoms with Gasteiger partial charge in [-0.25, -0.2) is 0 Å². The highest BCUT2D eigenvalue weighted by Crippen LogP contribution is 2.25. The topological polar surface area (TPSA) is 85.2 Å². The first-order valence-corrected chi connectivity index (χ1v) is 10.3. The first kappa shape index (κ1) is 22.5. The van der Waals surface area contributed by atoms with E-state index in [1.54, 1.807) is 19.4 Å². The predicted molar refractivity (Wildman–Crippen MR) is 122 cm³/mol. The van der Waals surface area contributed by atoms with Gasteiger partial charge in [0.1, 0.15) is 0 Å². The molecule has 1 amide bonds. The van der Waals surface area contributed by atoms with Crippen LogP contribution in [-0.4, -0.2) is 35.7 Å². The number of carbonyl (C=O) groups is 1. The Labute approximate surface area is 186 Å². The molecule has 7 nitrogen and oxygen atoms in total. The van der Waals surface area contributed by atoms with Gasteiger partial charge in [0.25, 0.3) is 5.56 Å². The Kier molecular flexibility index (Phi) is 7.81. The van der Waals surface area contributed by atoms with Gasteiger partial charge in [0.05, 0.1) is 19.6 Å². The molecule has 0 saturated heterocycles. The molecule has 2 N–H and O–H groups in total. The number of halogens is 1. The smallest absolute Gasteiger partial charge is 0.278 e. The van der Waals surface area contributed by atoms with Gasteiger partial charge in [0, 0.05) is 36.1 Å². The molecular weight excluding hydrogens is 416 g/mol. The molecule has 0 spiro atoms. The molecule has 2 aromatic carbocycles. The van der Waals surface area contributed by atoms with E-state index in [1.165, 1.54) is 0 Å². The maximum absolute atomic E-state index is 12.7. The SMILES string of the molecule is COCCNC(=O)Cc1cn(Cc2ccccc2)c(Nc2cccc(Cl)c2C)nc1=O. The molecule has 162 valence electrons. The molecule has 1 heterocycles. The zero-order valence-electron chi connectivity index (χ0n) is 17.5. The Balaban J connectivity index is 1.93. The number of methoxy groups -OCH3 is 1. The van der Waals surface area contributed by atoms with E-state index in [0.29, 0.717) is 36.2 Å². The second-order valence-electron chi connectivity index (χ2n) is 7.07. The van der Waals surface area contributed by atoms with Crippen molar-refractivity contribution in [3.8, 4) is 0 Å². The molecule has 0 radical (unpaired) electrons. The fourth-order valence-electron chi connectivity index (χ4n) is 3.05. The third-order valence-corrected chi connectivity index (χ3v) is 5.16. The maximum atomic E-state index is 12.7. The number of carbonyl (C=O) groups excluding carboxylic acids is 1. The fraction of sp³-hybridized carbons (Fsp3) is 0.261. The highest BCUT2D eigenvalue weighted by atomic mass is 35.5. The van der Waals surface area contributed by atoms with Crippen LogP contribution in [-0.2, 0) is 22.5 Å². The molecule has 0 bridgehead atoms. The predicted octanol–water partition coefficient (Wildman–Crippen LogP) is 3.30. The number of ether oxygens (including phenoxy) is 1. The zero-order valence-corrected chi connectivity index (χ0v) is 18.3. The van der Waals surface area contributed by atoms with E-state index in [2.05, 4.69) is 15.6 Å². The van der Waals surface area contributed by atoms with E-state index in [-0.39, 0.29) is 12.3 Å². The molecule has 0 fully saturated rings. The molecule has 31 heavy (non-hydrogen) atoms. The Bertz CT molecular complexity index is 1100. The van der Waals surface area contributed by atoms with E-state index in [4.69, 9.17) is 16.3 Å². The number of rotatable bonds is 9.